The van der Waals surface area contributed by atoms with E-state index in [2.05, 4.69) is 21.9 Å². The Morgan fingerprint density at radius 3 is 2.85 bits per heavy atom. The first-order valence-corrected chi connectivity index (χ1v) is 10.4. The van der Waals surface area contributed by atoms with Crippen LogP contribution in [0.1, 0.15) is 38.2 Å². The van der Waals surface area contributed by atoms with E-state index < -0.39 is 10.0 Å². The maximum absolute atomic E-state index is 12.2. The lowest BCUT2D eigenvalue weighted by atomic mass is 10.0. The number of hydrogen-bond donors (Lipinski definition) is 2. The van der Waals surface area contributed by atoms with Gasteiger partial charge in [-0.25, -0.2) is 13.1 Å². The van der Waals surface area contributed by atoms with Gasteiger partial charge in [0.05, 0.1) is 17.0 Å². The molecule has 8 heteroatoms. The Hall–Kier alpha value is -1.95. The fourth-order valence-electron chi connectivity index (χ4n) is 3.09. The largest absolute Gasteiger partial charge is 0.355 e. The smallest absolute Gasteiger partial charge is 0.242 e. The van der Waals surface area contributed by atoms with Gasteiger partial charge in [0.25, 0.3) is 0 Å². The normalized spacial score (nSPS) is 18.2. The molecule has 1 atom stereocenters. The van der Waals surface area contributed by atoms with Crippen LogP contribution in [-0.4, -0.2) is 51.4 Å². The van der Waals surface area contributed by atoms with E-state index in [1.54, 1.807) is 6.07 Å². The molecular weight excluding hydrogens is 352 g/mol. The van der Waals surface area contributed by atoms with Crippen LogP contribution in [0.3, 0.4) is 0 Å². The summed E-state index contributed by atoms with van der Waals surface area (Å²) in [6, 6.07) is 8.33. The van der Waals surface area contributed by atoms with Crippen LogP contribution in [0.25, 0.3) is 0 Å². The second-order valence-corrected chi connectivity index (χ2v) is 8.25. The number of amides is 1. The highest BCUT2D eigenvalue weighted by molar-refractivity contribution is 7.89. The molecule has 0 saturated carbocycles. The Kier molecular flexibility index (Phi) is 7.57. The number of nitriles is 1. The van der Waals surface area contributed by atoms with E-state index in [-0.39, 0.29) is 22.9 Å². The van der Waals surface area contributed by atoms with Gasteiger partial charge in [-0.15, -0.1) is 0 Å². The van der Waals surface area contributed by atoms with Crippen LogP contribution in [0.5, 0.6) is 0 Å². The number of benzene rings is 1. The van der Waals surface area contributed by atoms with Gasteiger partial charge in [-0.3, -0.25) is 4.79 Å². The van der Waals surface area contributed by atoms with Crippen LogP contribution in [-0.2, 0) is 14.8 Å². The van der Waals surface area contributed by atoms with Gasteiger partial charge in [0, 0.05) is 19.1 Å². The fourth-order valence-corrected chi connectivity index (χ4v) is 4.23. The standard InChI is InChI=1S/C18H26N4O3S/c1-15-7-4-5-11-22(15)12-6-10-20-18(23)14-21-26(24,25)17-9-3-2-8-16(17)13-19/h2-3,8-9,15,21H,4-7,10-12,14H2,1H3,(H,20,23)/t15-/m1/s1. The van der Waals surface area contributed by atoms with E-state index >= 15 is 0 Å². The minimum Gasteiger partial charge on any atom is -0.355 e. The van der Waals surface area contributed by atoms with Crippen LogP contribution >= 0.6 is 0 Å². The third kappa shape index (κ3) is 5.80. The molecule has 0 spiro atoms. The first kappa shape index (κ1) is 20.4. The molecule has 0 radical (unpaired) electrons. The molecule has 0 aliphatic carbocycles. The summed E-state index contributed by atoms with van der Waals surface area (Å²) >= 11 is 0. The van der Waals surface area contributed by atoms with Crippen molar-refractivity contribution in [2.75, 3.05) is 26.2 Å². The summed E-state index contributed by atoms with van der Waals surface area (Å²) in [7, 11) is -3.89. The molecule has 26 heavy (non-hydrogen) atoms. The van der Waals surface area contributed by atoms with Crippen molar-refractivity contribution >= 4 is 15.9 Å². The quantitative estimate of drug-likeness (QED) is 0.662. The molecule has 2 N–H and O–H groups in total. The summed E-state index contributed by atoms with van der Waals surface area (Å²) < 4.78 is 26.7. The number of hydrogen-bond acceptors (Lipinski definition) is 5. The van der Waals surface area contributed by atoms with Gasteiger partial charge < -0.3 is 10.2 Å². The zero-order valence-electron chi connectivity index (χ0n) is 15.1. The number of likely N-dealkylation sites (tertiary alicyclic amines) is 1. The summed E-state index contributed by atoms with van der Waals surface area (Å²) in [5, 5.41) is 11.7. The van der Waals surface area contributed by atoms with Crippen molar-refractivity contribution in [2.45, 2.75) is 43.5 Å². The number of nitrogens with zero attached hydrogens (tertiary/aromatic N) is 2. The summed E-state index contributed by atoms with van der Waals surface area (Å²) in [6.07, 6.45) is 4.56. The average Bonchev–Trinajstić information content (AvgIpc) is 2.65. The number of carbonyl (C=O) groups is 1. The van der Waals surface area contributed by atoms with Gasteiger partial charge in [-0.2, -0.15) is 5.26 Å². The van der Waals surface area contributed by atoms with Crippen molar-refractivity contribution < 1.29 is 13.2 Å². The van der Waals surface area contributed by atoms with Gasteiger partial charge >= 0.3 is 0 Å². The molecule has 1 aromatic carbocycles. The molecule has 142 valence electrons. The van der Waals surface area contributed by atoms with Crippen molar-refractivity contribution in [3.05, 3.63) is 29.8 Å². The monoisotopic (exact) mass is 378 g/mol. The summed E-state index contributed by atoms with van der Waals surface area (Å²) in [6.45, 7) is 4.43. The van der Waals surface area contributed by atoms with E-state index in [0.29, 0.717) is 12.6 Å². The van der Waals surface area contributed by atoms with Crippen LogP contribution < -0.4 is 10.0 Å². The number of piperidine rings is 1. The summed E-state index contributed by atoms with van der Waals surface area (Å²) in [4.78, 5) is 14.2. The predicted molar refractivity (Wildman–Crippen MR) is 98.9 cm³/mol. The number of sulfonamides is 1. The van der Waals surface area contributed by atoms with Gasteiger partial charge in [0.15, 0.2) is 0 Å². The molecule has 1 aromatic rings. The zero-order valence-corrected chi connectivity index (χ0v) is 15.9. The van der Waals surface area contributed by atoms with Crippen LogP contribution in [0.15, 0.2) is 29.2 Å². The highest BCUT2D eigenvalue weighted by Gasteiger charge is 2.19. The Morgan fingerprint density at radius 1 is 1.35 bits per heavy atom. The van der Waals surface area contributed by atoms with Crippen molar-refractivity contribution in [3.8, 4) is 6.07 Å². The maximum atomic E-state index is 12.2. The van der Waals surface area contributed by atoms with Gasteiger partial charge in [-0.05, 0) is 44.9 Å². The topological polar surface area (TPSA) is 102 Å². The molecule has 1 fully saturated rings. The van der Waals surface area contributed by atoms with E-state index in [4.69, 9.17) is 5.26 Å². The Morgan fingerprint density at radius 2 is 2.12 bits per heavy atom. The van der Waals surface area contributed by atoms with Crippen LogP contribution in [0, 0.1) is 11.3 Å². The second kappa shape index (κ2) is 9.67. The van der Waals surface area contributed by atoms with Gasteiger partial charge in [-0.1, -0.05) is 18.6 Å². The van der Waals surface area contributed by atoms with Crippen LogP contribution in [0.2, 0.25) is 0 Å². The predicted octanol–water partition coefficient (Wildman–Crippen LogP) is 1.22. The zero-order chi connectivity index (χ0) is 19.0. The third-order valence-corrected chi connectivity index (χ3v) is 6.06. The lowest BCUT2D eigenvalue weighted by Crippen LogP contribution is -2.40. The van der Waals surface area contributed by atoms with Crippen LogP contribution in [0.4, 0.5) is 0 Å². The Balaban J connectivity index is 1.73. The molecule has 0 aromatic heterocycles. The molecule has 1 aliphatic rings. The molecule has 0 unspecified atom stereocenters. The number of nitrogens with one attached hydrogen (secondary N) is 2. The number of rotatable bonds is 8. The van der Waals surface area contributed by atoms with Crippen molar-refractivity contribution in [1.29, 1.82) is 5.26 Å². The molecule has 7 nitrogen and oxygen atoms in total. The third-order valence-electron chi connectivity index (χ3n) is 4.60. The average molecular weight is 378 g/mol. The van der Waals surface area contributed by atoms with E-state index in [0.717, 1.165) is 19.5 Å². The SMILES string of the molecule is C[C@@H]1CCCCN1CCCNC(=O)CNS(=O)(=O)c1ccccc1C#N. The molecule has 1 saturated heterocycles. The van der Waals surface area contributed by atoms with Crippen molar-refractivity contribution in [3.63, 3.8) is 0 Å². The molecular formula is C18H26N4O3S. The lowest BCUT2D eigenvalue weighted by Gasteiger charge is -2.33. The first-order valence-electron chi connectivity index (χ1n) is 8.93. The minimum absolute atomic E-state index is 0.0519. The molecule has 0 bridgehead atoms. The minimum atomic E-state index is -3.89. The van der Waals surface area contributed by atoms with E-state index in [1.807, 2.05) is 6.07 Å². The fraction of sp³-hybridized carbons (Fsp3) is 0.556. The maximum Gasteiger partial charge on any atom is 0.242 e. The lowest BCUT2D eigenvalue weighted by molar-refractivity contribution is -0.119. The summed E-state index contributed by atoms with van der Waals surface area (Å²) in [5.74, 6) is -0.380. The molecule has 2 rings (SSSR count). The molecule has 1 amide bonds. The highest BCUT2D eigenvalue weighted by atomic mass is 32.2. The van der Waals surface area contributed by atoms with E-state index in [9.17, 15) is 13.2 Å². The Labute approximate surface area is 155 Å². The van der Waals surface area contributed by atoms with E-state index in [1.165, 1.54) is 37.5 Å². The van der Waals surface area contributed by atoms with Crippen molar-refractivity contribution in [2.24, 2.45) is 0 Å². The number of carbonyl (C=O) groups excluding carboxylic acids is 1. The highest BCUT2D eigenvalue weighted by Crippen LogP contribution is 2.16. The second-order valence-electron chi connectivity index (χ2n) is 6.52. The van der Waals surface area contributed by atoms with Gasteiger partial charge in [0.2, 0.25) is 15.9 Å². The molecule has 1 aliphatic heterocycles. The molecule has 1 heterocycles. The van der Waals surface area contributed by atoms with Gasteiger partial charge in [0.1, 0.15) is 6.07 Å². The Bertz CT molecular complexity index is 758. The first-order chi connectivity index (χ1) is 12.4. The summed E-state index contributed by atoms with van der Waals surface area (Å²) in [5.41, 5.74) is 0.0519. The van der Waals surface area contributed by atoms with Crippen molar-refractivity contribution in [1.82, 2.24) is 14.9 Å².